The molecule has 2 saturated heterocycles. The number of carboxylic acids is 1. The summed E-state index contributed by atoms with van der Waals surface area (Å²) in [4.78, 5) is 9.60. The molecule has 2 atom stereocenters. The van der Waals surface area contributed by atoms with Crippen LogP contribution < -0.4 is 0 Å². The third-order valence-corrected chi connectivity index (χ3v) is 2.15. The Labute approximate surface area is 106 Å². The lowest BCUT2D eigenvalue weighted by Gasteiger charge is -2.02. The highest BCUT2D eigenvalue weighted by Gasteiger charge is 2.23. The van der Waals surface area contributed by atoms with E-state index in [1.165, 1.54) is 6.92 Å². The molecule has 2 heterocycles. The maximum Gasteiger partial charge on any atom is 0.330 e. The molecule has 0 radical (unpaired) electrons. The van der Waals surface area contributed by atoms with Crippen molar-refractivity contribution in [1.82, 2.24) is 0 Å². The van der Waals surface area contributed by atoms with E-state index in [4.69, 9.17) is 24.1 Å². The van der Waals surface area contributed by atoms with Gasteiger partial charge in [0.15, 0.2) is 0 Å². The number of epoxide rings is 2. The summed E-state index contributed by atoms with van der Waals surface area (Å²) in [7, 11) is 0. The molecular formula is C12H20O6. The monoisotopic (exact) mass is 260 g/mol. The lowest BCUT2D eigenvalue weighted by Crippen LogP contribution is -2.10. The van der Waals surface area contributed by atoms with Gasteiger partial charge in [0.1, 0.15) is 12.2 Å². The van der Waals surface area contributed by atoms with Crippen LogP contribution >= 0.6 is 0 Å². The quantitative estimate of drug-likeness (QED) is 0.388. The molecule has 2 aliphatic heterocycles. The zero-order valence-electron chi connectivity index (χ0n) is 10.6. The number of aliphatic carboxylic acids is 1. The highest BCUT2D eigenvalue weighted by atomic mass is 16.6. The van der Waals surface area contributed by atoms with Crippen molar-refractivity contribution in [1.29, 1.82) is 0 Å². The number of ether oxygens (including phenoxy) is 4. The van der Waals surface area contributed by atoms with E-state index in [-0.39, 0.29) is 5.57 Å². The van der Waals surface area contributed by atoms with Crippen molar-refractivity contribution in [2.75, 3.05) is 39.6 Å². The second-order valence-electron chi connectivity index (χ2n) is 4.15. The summed E-state index contributed by atoms with van der Waals surface area (Å²) >= 11 is 0. The number of hydrogen-bond donors (Lipinski definition) is 1. The van der Waals surface area contributed by atoms with Gasteiger partial charge in [0.2, 0.25) is 0 Å². The first-order valence-corrected chi connectivity index (χ1v) is 5.87. The number of hydrogen-bond acceptors (Lipinski definition) is 5. The molecule has 0 saturated carbocycles. The first-order valence-electron chi connectivity index (χ1n) is 5.87. The molecule has 2 aliphatic rings. The highest BCUT2D eigenvalue weighted by Crippen LogP contribution is 2.09. The molecule has 6 heteroatoms. The molecule has 104 valence electrons. The normalized spacial score (nSPS) is 23.8. The predicted molar refractivity (Wildman–Crippen MR) is 63.6 cm³/mol. The van der Waals surface area contributed by atoms with Crippen LogP contribution in [0.2, 0.25) is 0 Å². The van der Waals surface area contributed by atoms with Gasteiger partial charge in [-0.15, -0.1) is 0 Å². The molecule has 0 aromatic carbocycles. The summed E-state index contributed by atoms with van der Waals surface area (Å²) in [5, 5.41) is 7.89. The van der Waals surface area contributed by atoms with Crippen LogP contribution in [-0.4, -0.2) is 62.9 Å². The zero-order valence-corrected chi connectivity index (χ0v) is 10.6. The smallest absolute Gasteiger partial charge is 0.330 e. The zero-order chi connectivity index (χ0) is 13.4. The Morgan fingerprint density at radius 1 is 1.22 bits per heavy atom. The lowest BCUT2D eigenvalue weighted by molar-refractivity contribution is -0.132. The SMILES string of the molecule is C(COCC1CO1)OCC1CO1.C=C(C)C(=O)O. The van der Waals surface area contributed by atoms with Gasteiger partial charge in [-0.05, 0) is 6.92 Å². The van der Waals surface area contributed by atoms with Gasteiger partial charge in [-0.3, -0.25) is 0 Å². The molecule has 0 amide bonds. The second-order valence-corrected chi connectivity index (χ2v) is 4.15. The van der Waals surface area contributed by atoms with E-state index in [0.717, 1.165) is 13.2 Å². The van der Waals surface area contributed by atoms with E-state index in [2.05, 4.69) is 6.58 Å². The third kappa shape index (κ3) is 9.12. The van der Waals surface area contributed by atoms with Gasteiger partial charge < -0.3 is 24.1 Å². The van der Waals surface area contributed by atoms with Gasteiger partial charge in [-0.1, -0.05) is 6.58 Å². The number of carbonyl (C=O) groups is 1. The predicted octanol–water partition coefficient (Wildman–Crippen LogP) is 0.464. The maximum absolute atomic E-state index is 9.60. The third-order valence-electron chi connectivity index (χ3n) is 2.15. The molecule has 0 spiro atoms. The van der Waals surface area contributed by atoms with Crippen molar-refractivity contribution in [3.05, 3.63) is 12.2 Å². The molecule has 0 aromatic rings. The van der Waals surface area contributed by atoms with Gasteiger partial charge >= 0.3 is 5.97 Å². The second kappa shape index (κ2) is 8.20. The Hall–Kier alpha value is -0.950. The molecule has 0 aromatic heterocycles. The Bertz CT molecular complexity index is 242. The minimum absolute atomic E-state index is 0.176. The van der Waals surface area contributed by atoms with Gasteiger partial charge in [-0.25, -0.2) is 4.79 Å². The summed E-state index contributed by atoms with van der Waals surface area (Å²) in [5.74, 6) is -0.935. The van der Waals surface area contributed by atoms with Gasteiger partial charge in [0.25, 0.3) is 0 Å². The Morgan fingerprint density at radius 3 is 1.78 bits per heavy atom. The van der Waals surface area contributed by atoms with E-state index < -0.39 is 5.97 Å². The van der Waals surface area contributed by atoms with E-state index in [1.54, 1.807) is 0 Å². The Balaban J connectivity index is 0.000000232. The summed E-state index contributed by atoms with van der Waals surface area (Å²) in [5.41, 5.74) is 0.176. The fraction of sp³-hybridized carbons (Fsp3) is 0.750. The average molecular weight is 260 g/mol. The van der Waals surface area contributed by atoms with E-state index >= 15 is 0 Å². The van der Waals surface area contributed by atoms with Crippen molar-refractivity contribution in [2.24, 2.45) is 0 Å². The summed E-state index contributed by atoms with van der Waals surface area (Å²) in [6.45, 7) is 9.06. The summed E-state index contributed by atoms with van der Waals surface area (Å²) < 4.78 is 20.5. The van der Waals surface area contributed by atoms with Crippen LogP contribution in [0.3, 0.4) is 0 Å². The van der Waals surface area contributed by atoms with Crippen LogP contribution in [0.15, 0.2) is 12.2 Å². The molecule has 2 unspecified atom stereocenters. The lowest BCUT2D eigenvalue weighted by atomic mass is 10.4. The Morgan fingerprint density at radius 2 is 1.56 bits per heavy atom. The fourth-order valence-corrected chi connectivity index (χ4v) is 0.876. The van der Waals surface area contributed by atoms with Crippen LogP contribution in [-0.2, 0) is 23.7 Å². The fourth-order valence-electron chi connectivity index (χ4n) is 0.876. The standard InChI is InChI=1S/C8H14O4.C4H6O2/c1(9-3-7-5-11-7)2-10-4-8-6-12-8;1-3(2)4(5)6/h7-8H,1-6H2;1H2,2H3,(H,5,6). The number of rotatable bonds is 8. The van der Waals surface area contributed by atoms with Crippen molar-refractivity contribution in [3.63, 3.8) is 0 Å². The van der Waals surface area contributed by atoms with Crippen LogP contribution in [0.5, 0.6) is 0 Å². The van der Waals surface area contributed by atoms with Crippen LogP contribution in [0.1, 0.15) is 6.92 Å². The molecule has 18 heavy (non-hydrogen) atoms. The molecule has 2 rings (SSSR count). The maximum atomic E-state index is 9.60. The highest BCUT2D eigenvalue weighted by molar-refractivity contribution is 5.84. The van der Waals surface area contributed by atoms with Crippen LogP contribution in [0, 0.1) is 0 Å². The van der Waals surface area contributed by atoms with Crippen LogP contribution in [0.4, 0.5) is 0 Å². The van der Waals surface area contributed by atoms with Gasteiger partial charge in [0.05, 0.1) is 39.6 Å². The van der Waals surface area contributed by atoms with E-state index in [9.17, 15) is 4.79 Å². The van der Waals surface area contributed by atoms with Gasteiger partial charge in [-0.2, -0.15) is 0 Å². The van der Waals surface area contributed by atoms with Crippen molar-refractivity contribution in [2.45, 2.75) is 19.1 Å². The first-order chi connectivity index (χ1) is 8.59. The molecule has 2 fully saturated rings. The minimum atomic E-state index is -0.935. The van der Waals surface area contributed by atoms with Crippen molar-refractivity contribution in [3.8, 4) is 0 Å². The minimum Gasteiger partial charge on any atom is -0.478 e. The van der Waals surface area contributed by atoms with Crippen molar-refractivity contribution < 1.29 is 28.8 Å². The summed E-state index contributed by atoms with van der Waals surface area (Å²) in [6.07, 6.45) is 0.716. The largest absolute Gasteiger partial charge is 0.478 e. The van der Waals surface area contributed by atoms with Crippen molar-refractivity contribution >= 4 is 5.97 Å². The van der Waals surface area contributed by atoms with E-state index in [0.29, 0.717) is 38.6 Å². The molecule has 0 bridgehead atoms. The molecule has 1 N–H and O–H groups in total. The number of carboxylic acid groups (broad SMARTS) is 1. The average Bonchev–Trinajstić information content (AvgIpc) is 3.17. The molecule has 6 nitrogen and oxygen atoms in total. The Kier molecular flexibility index (Phi) is 6.89. The van der Waals surface area contributed by atoms with Crippen LogP contribution in [0.25, 0.3) is 0 Å². The molecular weight excluding hydrogens is 240 g/mol. The van der Waals surface area contributed by atoms with Gasteiger partial charge in [0, 0.05) is 5.57 Å². The van der Waals surface area contributed by atoms with E-state index in [1.807, 2.05) is 0 Å². The first kappa shape index (κ1) is 15.1. The summed E-state index contributed by atoms with van der Waals surface area (Å²) in [6, 6.07) is 0. The topological polar surface area (TPSA) is 80.8 Å². The molecule has 0 aliphatic carbocycles.